The number of benzene rings is 2. The molecule has 36 heavy (non-hydrogen) atoms. The first-order valence-corrected chi connectivity index (χ1v) is 11.4. The van der Waals surface area contributed by atoms with Crippen LogP contribution in [0.25, 0.3) is 11.0 Å². The molecule has 3 heterocycles. The van der Waals surface area contributed by atoms with Crippen molar-refractivity contribution in [3.8, 4) is 11.5 Å². The van der Waals surface area contributed by atoms with Gasteiger partial charge in [-0.05, 0) is 41.5 Å². The number of carbonyl (C=O) groups excluding carboxylic acids is 2. The van der Waals surface area contributed by atoms with Crippen molar-refractivity contribution in [1.82, 2.24) is 9.88 Å². The summed E-state index contributed by atoms with van der Waals surface area (Å²) < 4.78 is 16.4. The van der Waals surface area contributed by atoms with E-state index in [-0.39, 0.29) is 17.9 Å². The highest BCUT2D eigenvalue weighted by Crippen LogP contribution is 2.41. The van der Waals surface area contributed by atoms with Gasteiger partial charge >= 0.3 is 0 Å². The van der Waals surface area contributed by atoms with Gasteiger partial charge in [0.25, 0.3) is 5.91 Å². The number of amides is 1. The second kappa shape index (κ2) is 9.39. The van der Waals surface area contributed by atoms with E-state index in [4.69, 9.17) is 25.5 Å². The number of carbonyl (C=O) groups is 2. The van der Waals surface area contributed by atoms with E-state index in [0.29, 0.717) is 33.1 Å². The van der Waals surface area contributed by atoms with Gasteiger partial charge in [0.15, 0.2) is 22.9 Å². The van der Waals surface area contributed by atoms with Gasteiger partial charge in [0, 0.05) is 35.4 Å². The Balaban J connectivity index is 1.61. The lowest BCUT2D eigenvalue weighted by Crippen LogP contribution is -2.30. The van der Waals surface area contributed by atoms with E-state index in [0.717, 1.165) is 5.56 Å². The minimum atomic E-state index is -0.866. The normalized spacial score (nSPS) is 15.6. The van der Waals surface area contributed by atoms with Crippen LogP contribution in [0.4, 0.5) is 0 Å². The van der Waals surface area contributed by atoms with Gasteiger partial charge in [-0.2, -0.15) is 0 Å². The molecule has 1 unspecified atom stereocenters. The van der Waals surface area contributed by atoms with Crippen molar-refractivity contribution < 1.29 is 28.6 Å². The molecule has 1 aliphatic heterocycles. The van der Waals surface area contributed by atoms with E-state index in [2.05, 4.69) is 4.98 Å². The molecule has 8 nitrogen and oxygen atoms in total. The fourth-order valence-electron chi connectivity index (χ4n) is 4.35. The maximum atomic E-state index is 13.8. The van der Waals surface area contributed by atoms with Gasteiger partial charge in [-0.1, -0.05) is 29.8 Å². The number of ketones is 1. The number of furan rings is 1. The van der Waals surface area contributed by atoms with Crippen molar-refractivity contribution in [2.24, 2.45) is 0 Å². The van der Waals surface area contributed by atoms with E-state index in [1.54, 1.807) is 62.0 Å². The van der Waals surface area contributed by atoms with Crippen molar-refractivity contribution in [2.45, 2.75) is 12.6 Å². The Bertz CT molecular complexity index is 1490. The highest BCUT2D eigenvalue weighted by atomic mass is 35.5. The molecule has 4 aromatic rings. The first kappa shape index (κ1) is 23.4. The summed E-state index contributed by atoms with van der Waals surface area (Å²) in [6.07, 6.45) is 3.26. The summed E-state index contributed by atoms with van der Waals surface area (Å²) in [5.41, 5.74) is 1.62. The van der Waals surface area contributed by atoms with Crippen LogP contribution in [0.15, 0.2) is 82.7 Å². The van der Waals surface area contributed by atoms with Gasteiger partial charge in [0.1, 0.15) is 5.75 Å². The molecule has 2 aromatic carbocycles. The number of rotatable bonds is 7. The van der Waals surface area contributed by atoms with Crippen molar-refractivity contribution in [1.29, 1.82) is 0 Å². The number of methoxy groups -OCH3 is 2. The highest BCUT2D eigenvalue weighted by Gasteiger charge is 2.44. The largest absolute Gasteiger partial charge is 0.503 e. The lowest BCUT2D eigenvalue weighted by atomic mass is 9.94. The first-order chi connectivity index (χ1) is 17.4. The van der Waals surface area contributed by atoms with Crippen molar-refractivity contribution in [3.63, 3.8) is 0 Å². The average Bonchev–Trinajstić information content (AvgIpc) is 3.43. The van der Waals surface area contributed by atoms with Crippen LogP contribution >= 0.6 is 11.6 Å². The van der Waals surface area contributed by atoms with Crippen LogP contribution in [0, 0.1) is 0 Å². The molecule has 0 radical (unpaired) electrons. The summed E-state index contributed by atoms with van der Waals surface area (Å²) in [6, 6.07) is 14.4. The number of pyridine rings is 1. The molecule has 1 atom stereocenters. The van der Waals surface area contributed by atoms with Gasteiger partial charge in [-0.25, -0.2) is 0 Å². The maximum Gasteiger partial charge on any atom is 0.290 e. The maximum absolute atomic E-state index is 13.8. The fourth-order valence-corrected chi connectivity index (χ4v) is 4.57. The van der Waals surface area contributed by atoms with Crippen molar-refractivity contribution >= 4 is 34.3 Å². The zero-order chi connectivity index (χ0) is 25.4. The molecule has 0 saturated heterocycles. The molecule has 5 rings (SSSR count). The lowest BCUT2D eigenvalue weighted by Gasteiger charge is -2.26. The zero-order valence-electron chi connectivity index (χ0n) is 19.4. The Labute approximate surface area is 211 Å². The van der Waals surface area contributed by atoms with E-state index in [9.17, 15) is 14.7 Å². The predicted octanol–water partition coefficient (Wildman–Crippen LogP) is 5.28. The minimum Gasteiger partial charge on any atom is -0.503 e. The minimum absolute atomic E-state index is 0.0540. The zero-order valence-corrected chi connectivity index (χ0v) is 20.2. The Kier molecular flexibility index (Phi) is 6.12. The summed E-state index contributed by atoms with van der Waals surface area (Å²) in [6.45, 7) is 0.133. The van der Waals surface area contributed by atoms with Gasteiger partial charge in [-0.15, -0.1) is 0 Å². The number of hydrogen-bond donors (Lipinski definition) is 1. The monoisotopic (exact) mass is 504 g/mol. The number of aliphatic hydroxyl groups excluding tert-OH is 1. The molecule has 0 spiro atoms. The van der Waals surface area contributed by atoms with Gasteiger partial charge < -0.3 is 23.9 Å². The highest BCUT2D eigenvalue weighted by molar-refractivity contribution is 6.31. The molecule has 182 valence electrons. The molecule has 0 aliphatic carbocycles. The Hall–Kier alpha value is -4.30. The Morgan fingerprint density at radius 1 is 1.14 bits per heavy atom. The van der Waals surface area contributed by atoms with E-state index >= 15 is 0 Å². The quantitative estimate of drug-likeness (QED) is 0.342. The number of aromatic nitrogens is 1. The molecular formula is C27H21ClN2O6. The third-order valence-corrected chi connectivity index (χ3v) is 6.26. The molecule has 1 amide bonds. The number of fused-ring (bicyclic) bond motifs is 1. The molecule has 1 N–H and O–H groups in total. The van der Waals surface area contributed by atoms with Crippen LogP contribution in [0.2, 0.25) is 5.02 Å². The molecule has 0 saturated carbocycles. The fraction of sp³-hybridized carbons (Fsp3) is 0.148. The smallest absolute Gasteiger partial charge is 0.290 e. The summed E-state index contributed by atoms with van der Waals surface area (Å²) in [5.74, 6) is -0.993. The molecule has 0 fully saturated rings. The van der Waals surface area contributed by atoms with Gasteiger partial charge in [0.2, 0.25) is 5.78 Å². The van der Waals surface area contributed by atoms with Gasteiger partial charge in [0.05, 0.1) is 25.8 Å². The summed E-state index contributed by atoms with van der Waals surface area (Å²) in [7, 11) is 3.01. The summed E-state index contributed by atoms with van der Waals surface area (Å²) in [4.78, 5) is 32.5. The number of hydrogen-bond acceptors (Lipinski definition) is 7. The van der Waals surface area contributed by atoms with Crippen LogP contribution < -0.4 is 9.47 Å². The second-order valence-electron chi connectivity index (χ2n) is 8.20. The number of ether oxygens (including phenoxy) is 2. The SMILES string of the molecule is COc1ccc(C2C(C(=O)c3cc4cc(Cl)cc(OC)c4o3)=C(O)C(=O)N2Cc2cccnc2)cc1. The molecule has 9 heteroatoms. The average molecular weight is 505 g/mol. The van der Waals surface area contributed by atoms with Crippen LogP contribution in [0.5, 0.6) is 11.5 Å². The second-order valence-corrected chi connectivity index (χ2v) is 8.63. The topological polar surface area (TPSA) is 102 Å². The van der Waals surface area contributed by atoms with Crippen LogP contribution in [0.3, 0.4) is 0 Å². The molecule has 1 aliphatic rings. The number of aliphatic hydroxyl groups is 1. The molecule has 2 aromatic heterocycles. The van der Waals surface area contributed by atoms with E-state index in [1.165, 1.54) is 18.1 Å². The number of Topliss-reactive ketones (excluding diaryl/α,β-unsaturated/α-hetero) is 1. The standard InChI is InChI=1S/C27H21ClN2O6/c1-34-19-7-5-16(6-8-19)23-22(25(32)27(33)30(23)14-15-4-3-9-29-13-15)24(31)20-11-17-10-18(28)12-21(35-2)26(17)36-20/h3-13,23,32H,14H2,1-2H3. The number of halogens is 1. The first-order valence-electron chi connectivity index (χ1n) is 11.0. The Morgan fingerprint density at radius 3 is 2.58 bits per heavy atom. The Morgan fingerprint density at radius 2 is 1.92 bits per heavy atom. The summed E-state index contributed by atoms with van der Waals surface area (Å²) >= 11 is 6.16. The van der Waals surface area contributed by atoms with Gasteiger partial charge in [-0.3, -0.25) is 14.6 Å². The predicted molar refractivity (Wildman–Crippen MR) is 132 cm³/mol. The van der Waals surface area contributed by atoms with Crippen molar-refractivity contribution in [2.75, 3.05) is 14.2 Å². The lowest BCUT2D eigenvalue weighted by molar-refractivity contribution is -0.130. The number of nitrogens with zero attached hydrogens (tertiary/aromatic N) is 2. The van der Waals surface area contributed by atoms with E-state index in [1.807, 2.05) is 6.07 Å². The van der Waals surface area contributed by atoms with E-state index < -0.39 is 23.5 Å². The third kappa shape index (κ3) is 4.05. The third-order valence-electron chi connectivity index (χ3n) is 6.05. The van der Waals surface area contributed by atoms with Crippen LogP contribution in [-0.2, 0) is 11.3 Å². The molecular weight excluding hydrogens is 484 g/mol. The van der Waals surface area contributed by atoms with Crippen LogP contribution in [0.1, 0.15) is 27.7 Å². The van der Waals surface area contributed by atoms with Crippen LogP contribution in [-0.4, -0.2) is 40.9 Å². The van der Waals surface area contributed by atoms with Crippen molar-refractivity contribution in [3.05, 3.63) is 100 Å². The molecule has 0 bridgehead atoms. The summed E-state index contributed by atoms with van der Waals surface area (Å²) in [5, 5.41) is 11.9.